The molecular formula is C15H10BrIN2. The zero-order chi connectivity index (χ0) is 13.4. The van der Waals surface area contributed by atoms with E-state index in [1.807, 2.05) is 13.1 Å². The molecule has 94 valence electrons. The highest BCUT2D eigenvalue weighted by Crippen LogP contribution is 2.27. The lowest BCUT2D eigenvalue weighted by molar-refractivity contribution is 1.20. The number of fused-ring (bicyclic) bond motifs is 1. The van der Waals surface area contributed by atoms with Gasteiger partial charge in [0.2, 0.25) is 0 Å². The Morgan fingerprint density at radius 2 is 2.00 bits per heavy atom. The van der Waals surface area contributed by atoms with Crippen LogP contribution in [0.15, 0.2) is 47.1 Å². The van der Waals surface area contributed by atoms with Crippen LogP contribution >= 0.6 is 38.5 Å². The molecule has 0 aliphatic heterocycles. The molecule has 0 amide bonds. The standard InChI is InChI=1S/C15H10BrIN2/c1-9-15-12(13(16)8-18-9)5-6-14(19-15)10-3-2-4-11(17)7-10/h2-8H,1H3. The lowest BCUT2D eigenvalue weighted by Crippen LogP contribution is -1.91. The lowest BCUT2D eigenvalue weighted by atomic mass is 10.1. The number of halogens is 2. The predicted octanol–water partition coefficient (Wildman–Crippen LogP) is 4.97. The zero-order valence-corrected chi connectivity index (χ0v) is 13.9. The zero-order valence-electron chi connectivity index (χ0n) is 10.2. The van der Waals surface area contributed by atoms with Crippen LogP contribution < -0.4 is 0 Å². The van der Waals surface area contributed by atoms with E-state index in [0.717, 1.165) is 32.3 Å². The summed E-state index contributed by atoms with van der Waals surface area (Å²) in [5.74, 6) is 0. The van der Waals surface area contributed by atoms with Crippen molar-refractivity contribution in [2.75, 3.05) is 0 Å². The number of pyridine rings is 2. The van der Waals surface area contributed by atoms with E-state index in [2.05, 4.69) is 79.9 Å². The summed E-state index contributed by atoms with van der Waals surface area (Å²) >= 11 is 5.83. The Hall–Kier alpha value is -1.01. The molecule has 0 spiro atoms. The number of nitrogens with zero attached hydrogens (tertiary/aromatic N) is 2. The van der Waals surface area contributed by atoms with Gasteiger partial charge in [0, 0.05) is 25.2 Å². The second-order valence-corrected chi connectivity index (χ2v) is 6.39. The summed E-state index contributed by atoms with van der Waals surface area (Å²) in [5, 5.41) is 1.10. The Balaban J connectivity index is 2.25. The minimum absolute atomic E-state index is 0.950. The maximum Gasteiger partial charge on any atom is 0.0933 e. The Kier molecular flexibility index (Phi) is 3.54. The highest BCUT2D eigenvalue weighted by Gasteiger charge is 2.07. The Bertz CT molecular complexity index is 771. The van der Waals surface area contributed by atoms with Crippen molar-refractivity contribution in [2.45, 2.75) is 6.92 Å². The molecule has 0 saturated heterocycles. The van der Waals surface area contributed by atoms with Gasteiger partial charge in [-0.05, 0) is 69.7 Å². The van der Waals surface area contributed by atoms with Gasteiger partial charge in [-0.1, -0.05) is 12.1 Å². The third kappa shape index (κ3) is 2.51. The fourth-order valence-corrected chi connectivity index (χ4v) is 2.99. The van der Waals surface area contributed by atoms with E-state index >= 15 is 0 Å². The van der Waals surface area contributed by atoms with Crippen LogP contribution in [0, 0.1) is 10.5 Å². The van der Waals surface area contributed by atoms with Crippen molar-refractivity contribution in [3.8, 4) is 11.3 Å². The topological polar surface area (TPSA) is 25.8 Å². The fourth-order valence-electron chi connectivity index (χ4n) is 2.02. The molecule has 0 saturated carbocycles. The van der Waals surface area contributed by atoms with Gasteiger partial charge < -0.3 is 0 Å². The van der Waals surface area contributed by atoms with Gasteiger partial charge in [0.05, 0.1) is 16.9 Å². The summed E-state index contributed by atoms with van der Waals surface area (Å²) in [7, 11) is 0. The van der Waals surface area contributed by atoms with Crippen LogP contribution in [0.1, 0.15) is 5.69 Å². The molecule has 1 aromatic carbocycles. The average molecular weight is 425 g/mol. The first-order valence-corrected chi connectivity index (χ1v) is 7.70. The van der Waals surface area contributed by atoms with Gasteiger partial charge in [-0.3, -0.25) is 4.98 Å². The number of aryl methyl sites for hydroxylation is 1. The van der Waals surface area contributed by atoms with Crippen LogP contribution in [-0.2, 0) is 0 Å². The minimum atomic E-state index is 0.950. The van der Waals surface area contributed by atoms with Gasteiger partial charge in [0.15, 0.2) is 0 Å². The first-order valence-electron chi connectivity index (χ1n) is 5.83. The first kappa shape index (κ1) is 13.0. The van der Waals surface area contributed by atoms with Crippen LogP contribution in [0.5, 0.6) is 0 Å². The van der Waals surface area contributed by atoms with E-state index in [-0.39, 0.29) is 0 Å². The van der Waals surface area contributed by atoms with Gasteiger partial charge in [0.1, 0.15) is 0 Å². The molecule has 2 nitrogen and oxygen atoms in total. The highest BCUT2D eigenvalue weighted by atomic mass is 127. The largest absolute Gasteiger partial charge is 0.258 e. The van der Waals surface area contributed by atoms with Gasteiger partial charge in [-0.15, -0.1) is 0 Å². The molecule has 0 bridgehead atoms. The quantitative estimate of drug-likeness (QED) is 0.515. The van der Waals surface area contributed by atoms with Crippen LogP contribution in [0.25, 0.3) is 22.2 Å². The van der Waals surface area contributed by atoms with Crippen molar-refractivity contribution in [2.24, 2.45) is 0 Å². The van der Waals surface area contributed by atoms with Crippen molar-refractivity contribution in [1.82, 2.24) is 9.97 Å². The molecule has 0 N–H and O–H groups in total. The van der Waals surface area contributed by atoms with E-state index < -0.39 is 0 Å². The molecule has 0 atom stereocenters. The molecule has 3 aromatic rings. The molecule has 19 heavy (non-hydrogen) atoms. The Morgan fingerprint density at radius 1 is 1.16 bits per heavy atom. The van der Waals surface area contributed by atoms with Crippen LogP contribution in [0.2, 0.25) is 0 Å². The molecular weight excluding hydrogens is 415 g/mol. The van der Waals surface area contributed by atoms with Crippen LogP contribution in [0.4, 0.5) is 0 Å². The summed E-state index contributed by atoms with van der Waals surface area (Å²) in [4.78, 5) is 9.10. The van der Waals surface area contributed by atoms with Crippen molar-refractivity contribution in [3.05, 3.63) is 56.3 Å². The van der Waals surface area contributed by atoms with E-state index in [1.54, 1.807) is 0 Å². The van der Waals surface area contributed by atoms with Gasteiger partial charge in [0.25, 0.3) is 0 Å². The average Bonchev–Trinajstić information content (AvgIpc) is 2.43. The molecule has 4 heteroatoms. The number of aromatic nitrogens is 2. The molecule has 2 aromatic heterocycles. The molecule has 0 unspecified atom stereocenters. The first-order chi connectivity index (χ1) is 9.15. The van der Waals surface area contributed by atoms with Crippen molar-refractivity contribution in [1.29, 1.82) is 0 Å². The minimum Gasteiger partial charge on any atom is -0.258 e. The van der Waals surface area contributed by atoms with Crippen molar-refractivity contribution < 1.29 is 0 Å². The molecule has 0 aliphatic rings. The second kappa shape index (κ2) is 5.17. The molecule has 0 radical (unpaired) electrons. The Labute approximate surface area is 133 Å². The third-order valence-electron chi connectivity index (χ3n) is 2.99. The van der Waals surface area contributed by atoms with Crippen LogP contribution in [0.3, 0.4) is 0 Å². The molecule has 3 rings (SSSR count). The Morgan fingerprint density at radius 3 is 2.79 bits per heavy atom. The maximum absolute atomic E-state index is 4.75. The number of hydrogen-bond acceptors (Lipinski definition) is 2. The number of rotatable bonds is 1. The van der Waals surface area contributed by atoms with Crippen LogP contribution in [-0.4, -0.2) is 9.97 Å². The summed E-state index contributed by atoms with van der Waals surface area (Å²) < 4.78 is 2.19. The summed E-state index contributed by atoms with van der Waals surface area (Å²) in [6.45, 7) is 1.99. The van der Waals surface area contributed by atoms with E-state index in [0.29, 0.717) is 0 Å². The van der Waals surface area contributed by atoms with E-state index in [1.165, 1.54) is 3.57 Å². The number of benzene rings is 1. The summed E-state index contributed by atoms with van der Waals surface area (Å²) in [6, 6.07) is 12.5. The second-order valence-electron chi connectivity index (χ2n) is 4.29. The van der Waals surface area contributed by atoms with Crippen molar-refractivity contribution in [3.63, 3.8) is 0 Å². The molecule has 0 fully saturated rings. The monoisotopic (exact) mass is 424 g/mol. The van der Waals surface area contributed by atoms with E-state index in [9.17, 15) is 0 Å². The summed E-state index contributed by atoms with van der Waals surface area (Å²) in [6.07, 6.45) is 1.82. The lowest BCUT2D eigenvalue weighted by Gasteiger charge is -2.06. The SMILES string of the molecule is Cc1ncc(Br)c2ccc(-c3cccc(I)c3)nc12. The smallest absolute Gasteiger partial charge is 0.0933 e. The van der Waals surface area contributed by atoms with Gasteiger partial charge in [-0.2, -0.15) is 0 Å². The normalized spacial score (nSPS) is 10.9. The highest BCUT2D eigenvalue weighted by molar-refractivity contribution is 14.1. The van der Waals surface area contributed by atoms with Crippen molar-refractivity contribution >= 4 is 49.4 Å². The third-order valence-corrected chi connectivity index (χ3v) is 4.29. The van der Waals surface area contributed by atoms with Gasteiger partial charge >= 0.3 is 0 Å². The fraction of sp³-hybridized carbons (Fsp3) is 0.0667. The van der Waals surface area contributed by atoms with E-state index in [4.69, 9.17) is 4.98 Å². The molecule has 0 aliphatic carbocycles. The predicted molar refractivity (Wildman–Crippen MR) is 90.1 cm³/mol. The maximum atomic E-state index is 4.75. The van der Waals surface area contributed by atoms with Gasteiger partial charge in [-0.25, -0.2) is 4.98 Å². The number of hydrogen-bond donors (Lipinski definition) is 0. The summed E-state index contributed by atoms with van der Waals surface area (Å²) in [5.41, 5.74) is 4.01. The molecule has 2 heterocycles.